The Hall–Kier alpha value is -1.05. The van der Waals surface area contributed by atoms with Gasteiger partial charge < -0.3 is 5.11 Å². The quantitative estimate of drug-likeness (QED) is 0.318. The molecule has 0 aliphatic carbocycles. The summed E-state index contributed by atoms with van der Waals surface area (Å²) in [5, 5.41) is 8.50. The van der Waals surface area contributed by atoms with Gasteiger partial charge in [-0.2, -0.15) is 0 Å². The van der Waals surface area contributed by atoms with Crippen LogP contribution in [0.2, 0.25) is 0 Å². The lowest BCUT2D eigenvalue weighted by molar-refractivity contribution is -0.137. The van der Waals surface area contributed by atoms with E-state index in [0.29, 0.717) is 6.42 Å². The summed E-state index contributed by atoms with van der Waals surface area (Å²) < 4.78 is 0. The molecule has 0 heterocycles. The largest absolute Gasteiger partial charge is 0.481 e. The summed E-state index contributed by atoms with van der Waals surface area (Å²) in [5.41, 5.74) is 0. The maximum absolute atomic E-state index is 10.3. The summed E-state index contributed by atoms with van der Waals surface area (Å²) >= 11 is 0. The van der Waals surface area contributed by atoms with Gasteiger partial charge in [-0.15, -0.1) is 0 Å². The zero-order chi connectivity index (χ0) is 14.9. The maximum Gasteiger partial charge on any atom is 0.303 e. The minimum Gasteiger partial charge on any atom is -0.481 e. The fourth-order valence-corrected chi connectivity index (χ4v) is 2.17. The second-order valence-corrected chi connectivity index (χ2v) is 5.38. The molecule has 0 aliphatic heterocycles. The zero-order valence-electron chi connectivity index (χ0n) is 13.2. The SMILES string of the molecule is C/C=C/CCCCC/C=C/CCCCCCCC(=O)O. The molecule has 2 heteroatoms. The van der Waals surface area contributed by atoms with Gasteiger partial charge in [-0.05, 0) is 51.9 Å². The number of carboxylic acid groups (broad SMARTS) is 1. The van der Waals surface area contributed by atoms with E-state index >= 15 is 0 Å². The molecule has 0 spiro atoms. The minimum absolute atomic E-state index is 0.327. The zero-order valence-corrected chi connectivity index (χ0v) is 13.2. The molecule has 0 radical (unpaired) electrons. The van der Waals surface area contributed by atoms with Crippen molar-refractivity contribution in [1.29, 1.82) is 0 Å². The second-order valence-electron chi connectivity index (χ2n) is 5.38. The van der Waals surface area contributed by atoms with Crippen LogP contribution in [-0.4, -0.2) is 11.1 Å². The molecule has 0 atom stereocenters. The number of unbranched alkanes of at least 4 members (excludes halogenated alkanes) is 9. The van der Waals surface area contributed by atoms with Crippen LogP contribution in [0.25, 0.3) is 0 Å². The van der Waals surface area contributed by atoms with Crippen LogP contribution >= 0.6 is 0 Å². The van der Waals surface area contributed by atoms with Gasteiger partial charge in [-0.1, -0.05) is 50.0 Å². The van der Waals surface area contributed by atoms with Crippen LogP contribution in [0.5, 0.6) is 0 Å². The Balaban J connectivity index is 3.10. The fraction of sp³-hybridized carbons (Fsp3) is 0.722. The van der Waals surface area contributed by atoms with Gasteiger partial charge in [0.25, 0.3) is 0 Å². The van der Waals surface area contributed by atoms with Crippen molar-refractivity contribution in [1.82, 2.24) is 0 Å². The third kappa shape index (κ3) is 16.9. The van der Waals surface area contributed by atoms with Gasteiger partial charge in [0, 0.05) is 6.42 Å². The standard InChI is InChI=1S/C18H32O2/c1-2-3-4-5-6-7-8-9-10-11-12-13-14-15-16-17-18(19)20/h2-3,9-10H,4-8,11-17H2,1H3,(H,19,20)/b3-2+,10-9+. The van der Waals surface area contributed by atoms with Crippen molar-refractivity contribution in [2.24, 2.45) is 0 Å². The van der Waals surface area contributed by atoms with E-state index in [9.17, 15) is 4.79 Å². The van der Waals surface area contributed by atoms with Gasteiger partial charge in [-0.25, -0.2) is 0 Å². The minimum atomic E-state index is -0.668. The van der Waals surface area contributed by atoms with E-state index in [0.717, 1.165) is 12.8 Å². The molecule has 0 bridgehead atoms. The second kappa shape index (κ2) is 16.0. The topological polar surface area (TPSA) is 37.3 Å². The Labute approximate surface area is 125 Å². The Morgan fingerprint density at radius 3 is 1.75 bits per heavy atom. The Morgan fingerprint density at radius 2 is 1.20 bits per heavy atom. The van der Waals surface area contributed by atoms with E-state index in [-0.39, 0.29) is 0 Å². The predicted molar refractivity (Wildman–Crippen MR) is 87.0 cm³/mol. The Kier molecular flexibility index (Phi) is 15.2. The first kappa shape index (κ1) is 18.9. The molecular weight excluding hydrogens is 248 g/mol. The summed E-state index contributed by atoms with van der Waals surface area (Å²) in [6, 6.07) is 0. The van der Waals surface area contributed by atoms with Crippen LogP contribution in [0.4, 0.5) is 0 Å². The van der Waals surface area contributed by atoms with Gasteiger partial charge in [0.2, 0.25) is 0 Å². The fourth-order valence-electron chi connectivity index (χ4n) is 2.17. The van der Waals surface area contributed by atoms with E-state index in [2.05, 4.69) is 31.2 Å². The summed E-state index contributed by atoms with van der Waals surface area (Å²) in [7, 11) is 0. The molecule has 2 nitrogen and oxygen atoms in total. The highest BCUT2D eigenvalue weighted by Crippen LogP contribution is 2.09. The van der Waals surface area contributed by atoms with Gasteiger partial charge in [0.05, 0.1) is 0 Å². The number of carbonyl (C=O) groups is 1. The molecule has 0 unspecified atom stereocenters. The van der Waals surface area contributed by atoms with Gasteiger partial charge in [-0.3, -0.25) is 4.79 Å². The van der Waals surface area contributed by atoms with Crippen molar-refractivity contribution in [3.05, 3.63) is 24.3 Å². The molecular formula is C18H32O2. The lowest BCUT2D eigenvalue weighted by Crippen LogP contribution is -1.93. The van der Waals surface area contributed by atoms with E-state index < -0.39 is 5.97 Å². The summed E-state index contributed by atoms with van der Waals surface area (Å²) in [4.78, 5) is 10.3. The molecule has 0 aliphatic rings. The van der Waals surface area contributed by atoms with E-state index in [4.69, 9.17) is 5.11 Å². The monoisotopic (exact) mass is 280 g/mol. The van der Waals surface area contributed by atoms with Crippen LogP contribution < -0.4 is 0 Å². The summed E-state index contributed by atoms with van der Waals surface area (Å²) in [5.74, 6) is -0.668. The molecule has 0 amide bonds. The van der Waals surface area contributed by atoms with Crippen molar-refractivity contribution >= 4 is 5.97 Å². The molecule has 0 fully saturated rings. The molecule has 0 saturated heterocycles. The third-order valence-electron chi connectivity index (χ3n) is 3.41. The van der Waals surface area contributed by atoms with Crippen molar-refractivity contribution in [2.45, 2.75) is 84.0 Å². The van der Waals surface area contributed by atoms with Crippen LogP contribution in [0.15, 0.2) is 24.3 Å². The van der Waals surface area contributed by atoms with Crippen LogP contribution in [0.3, 0.4) is 0 Å². The average molecular weight is 280 g/mol. The van der Waals surface area contributed by atoms with Gasteiger partial charge in [0.1, 0.15) is 0 Å². The first-order valence-electron chi connectivity index (χ1n) is 8.25. The molecule has 0 aromatic carbocycles. The van der Waals surface area contributed by atoms with Gasteiger partial charge >= 0.3 is 5.97 Å². The normalized spacial score (nSPS) is 11.7. The Bertz CT molecular complexity index is 267. The number of aliphatic carboxylic acids is 1. The smallest absolute Gasteiger partial charge is 0.303 e. The van der Waals surface area contributed by atoms with E-state index in [1.165, 1.54) is 57.8 Å². The number of carboxylic acids is 1. The van der Waals surface area contributed by atoms with E-state index in [1.54, 1.807) is 0 Å². The number of hydrogen-bond acceptors (Lipinski definition) is 1. The predicted octanol–water partition coefficient (Wildman–Crippen LogP) is 5.88. The van der Waals surface area contributed by atoms with E-state index in [1.807, 2.05) is 0 Å². The lowest BCUT2D eigenvalue weighted by Gasteiger charge is -1.98. The molecule has 0 aromatic rings. The van der Waals surface area contributed by atoms with Crippen molar-refractivity contribution in [3.8, 4) is 0 Å². The highest BCUT2D eigenvalue weighted by molar-refractivity contribution is 5.66. The maximum atomic E-state index is 10.3. The highest BCUT2D eigenvalue weighted by atomic mass is 16.4. The van der Waals surface area contributed by atoms with Crippen molar-refractivity contribution in [3.63, 3.8) is 0 Å². The van der Waals surface area contributed by atoms with Crippen LogP contribution in [0, 0.1) is 0 Å². The van der Waals surface area contributed by atoms with Crippen LogP contribution in [0.1, 0.15) is 84.0 Å². The molecule has 0 rings (SSSR count). The molecule has 0 aromatic heterocycles. The average Bonchev–Trinajstić information content (AvgIpc) is 2.43. The lowest BCUT2D eigenvalue weighted by atomic mass is 10.1. The summed E-state index contributed by atoms with van der Waals surface area (Å²) in [6.07, 6.45) is 22.4. The van der Waals surface area contributed by atoms with Crippen LogP contribution in [-0.2, 0) is 4.79 Å². The Morgan fingerprint density at radius 1 is 0.750 bits per heavy atom. The molecule has 0 saturated carbocycles. The van der Waals surface area contributed by atoms with Crippen molar-refractivity contribution < 1.29 is 9.90 Å². The number of allylic oxidation sites excluding steroid dienone is 4. The number of rotatable bonds is 14. The molecule has 1 N–H and O–H groups in total. The third-order valence-corrected chi connectivity index (χ3v) is 3.41. The van der Waals surface area contributed by atoms with Gasteiger partial charge in [0.15, 0.2) is 0 Å². The number of hydrogen-bond donors (Lipinski definition) is 1. The first-order valence-corrected chi connectivity index (χ1v) is 8.25. The summed E-state index contributed by atoms with van der Waals surface area (Å²) in [6.45, 7) is 2.08. The highest BCUT2D eigenvalue weighted by Gasteiger charge is 1.95. The van der Waals surface area contributed by atoms with Crippen molar-refractivity contribution in [2.75, 3.05) is 0 Å². The first-order chi connectivity index (χ1) is 9.77. The molecule has 116 valence electrons. The molecule has 20 heavy (non-hydrogen) atoms.